The minimum Gasteiger partial charge on any atom is -0.416 e. The predicted octanol–water partition coefficient (Wildman–Crippen LogP) is 6.36. The van der Waals surface area contributed by atoms with E-state index in [4.69, 9.17) is 13.9 Å². The second kappa shape index (κ2) is 9.56. The second-order valence-electron chi connectivity index (χ2n) is 10.7. The monoisotopic (exact) mass is 438 g/mol. The van der Waals surface area contributed by atoms with Crippen molar-refractivity contribution in [3.8, 4) is 0 Å². The Morgan fingerprint density at radius 2 is 1.70 bits per heavy atom. The maximum atomic E-state index is 13.5. The molecule has 1 saturated carbocycles. The summed E-state index contributed by atoms with van der Waals surface area (Å²) in [6, 6.07) is 0. The van der Waals surface area contributed by atoms with Crippen LogP contribution in [0.5, 0.6) is 0 Å². The van der Waals surface area contributed by atoms with Gasteiger partial charge in [-0.2, -0.15) is 0 Å². The van der Waals surface area contributed by atoms with E-state index in [2.05, 4.69) is 62.0 Å². The van der Waals surface area contributed by atoms with Gasteiger partial charge in [-0.15, -0.1) is 0 Å². The summed E-state index contributed by atoms with van der Waals surface area (Å²) in [6.07, 6.45) is 1.04. The van der Waals surface area contributed by atoms with Crippen LogP contribution in [-0.2, 0) is 18.7 Å². The topological polar surface area (TPSA) is 44.8 Å². The molecule has 2 bridgehead atoms. The molecule has 5 heteroatoms. The van der Waals surface area contributed by atoms with Crippen LogP contribution in [0.15, 0.2) is 12.2 Å². The Labute approximate surface area is 186 Å². The first kappa shape index (κ1) is 25.8. The zero-order chi connectivity index (χ0) is 23.0. The molecule has 0 N–H and O–H groups in total. The number of rotatable bonds is 10. The smallest absolute Gasteiger partial charge is 0.200 e. The van der Waals surface area contributed by atoms with Gasteiger partial charge < -0.3 is 13.9 Å². The van der Waals surface area contributed by atoms with Crippen molar-refractivity contribution in [2.75, 3.05) is 13.7 Å². The number of hydrogen-bond acceptors (Lipinski definition) is 4. The summed E-state index contributed by atoms with van der Waals surface area (Å²) in [5.41, 5.74) is 1.78. The van der Waals surface area contributed by atoms with Gasteiger partial charge in [-0.25, -0.2) is 0 Å². The number of carbonyl (C=O) groups is 1. The average Bonchev–Trinajstić information content (AvgIpc) is 2.66. The summed E-state index contributed by atoms with van der Waals surface area (Å²) in [4.78, 5) is 13.5. The van der Waals surface area contributed by atoms with Crippen molar-refractivity contribution in [2.24, 2.45) is 23.7 Å². The quantitative estimate of drug-likeness (QED) is 0.294. The molecule has 0 aromatic carbocycles. The van der Waals surface area contributed by atoms with E-state index in [0.717, 1.165) is 12.0 Å². The SMILES string of the molecule is C=C(C)[C@@H]1[C@H]2C[C@@H](C)C(C(=O)CC)(O[C@@H]2OC)[C@H]1CO[Si](C(C)C)(C(C)C)C(C)C. The van der Waals surface area contributed by atoms with E-state index in [-0.39, 0.29) is 35.7 Å². The Hall–Kier alpha value is -0.493. The van der Waals surface area contributed by atoms with Gasteiger partial charge >= 0.3 is 0 Å². The molecule has 6 atom stereocenters. The van der Waals surface area contributed by atoms with Crippen LogP contribution >= 0.6 is 0 Å². The number of methoxy groups -OCH3 is 1. The summed E-state index contributed by atoms with van der Waals surface area (Å²) < 4.78 is 19.3. The molecule has 0 aromatic rings. The van der Waals surface area contributed by atoms with Gasteiger partial charge in [0.1, 0.15) is 5.60 Å². The third-order valence-electron chi connectivity index (χ3n) is 8.24. The summed E-state index contributed by atoms with van der Waals surface area (Å²) in [5.74, 6) is 0.717. The number of ketones is 1. The third-order valence-corrected chi connectivity index (χ3v) is 14.3. The van der Waals surface area contributed by atoms with Crippen LogP contribution in [0.3, 0.4) is 0 Å². The van der Waals surface area contributed by atoms with E-state index in [1.807, 2.05) is 6.92 Å². The largest absolute Gasteiger partial charge is 0.416 e. The molecular weight excluding hydrogens is 392 g/mol. The van der Waals surface area contributed by atoms with Crippen molar-refractivity contribution < 1.29 is 18.7 Å². The molecule has 0 aromatic heterocycles. The van der Waals surface area contributed by atoms with Crippen LogP contribution in [0, 0.1) is 23.7 Å². The van der Waals surface area contributed by atoms with E-state index in [9.17, 15) is 4.79 Å². The summed E-state index contributed by atoms with van der Waals surface area (Å²) in [7, 11) is -0.367. The Morgan fingerprint density at radius 3 is 2.10 bits per heavy atom. The van der Waals surface area contributed by atoms with Gasteiger partial charge in [0.2, 0.25) is 0 Å². The predicted molar refractivity (Wildman–Crippen MR) is 126 cm³/mol. The van der Waals surface area contributed by atoms with Crippen molar-refractivity contribution in [2.45, 2.75) is 104 Å². The summed E-state index contributed by atoms with van der Waals surface area (Å²) in [5, 5.41) is 0. The minimum absolute atomic E-state index is 0.00859. The van der Waals surface area contributed by atoms with Gasteiger partial charge in [0.05, 0.1) is 0 Å². The van der Waals surface area contributed by atoms with Crippen LogP contribution in [0.1, 0.15) is 75.2 Å². The molecule has 174 valence electrons. The minimum atomic E-state index is -2.06. The second-order valence-corrected chi connectivity index (χ2v) is 16.2. The van der Waals surface area contributed by atoms with Gasteiger partial charge in [0, 0.05) is 32.0 Å². The van der Waals surface area contributed by atoms with Gasteiger partial charge in [-0.3, -0.25) is 4.79 Å². The number of carbonyl (C=O) groups excluding carboxylic acids is 1. The maximum Gasteiger partial charge on any atom is 0.200 e. The molecule has 1 aliphatic carbocycles. The highest BCUT2D eigenvalue weighted by Gasteiger charge is 2.65. The van der Waals surface area contributed by atoms with Gasteiger partial charge in [-0.1, -0.05) is 67.5 Å². The molecule has 30 heavy (non-hydrogen) atoms. The first-order valence-electron chi connectivity index (χ1n) is 11.9. The van der Waals surface area contributed by atoms with E-state index in [1.54, 1.807) is 7.11 Å². The zero-order valence-corrected chi connectivity index (χ0v) is 22.1. The number of ether oxygens (including phenoxy) is 2. The standard InChI is InChI=1S/C25H46O4Si/c1-12-22(26)25-19(10)13-20(24(27-11)29-25)23(15(2)3)21(25)14-28-30(16(4)5,17(6)7)18(8)9/h16-21,23-24H,2,12-14H2,1,3-11H3/t19-,20-,21+,23-,24+,25?/m1/s1. The van der Waals surface area contributed by atoms with Crippen molar-refractivity contribution in [1.29, 1.82) is 0 Å². The molecule has 0 radical (unpaired) electrons. The average molecular weight is 439 g/mol. The molecule has 2 aliphatic heterocycles. The van der Waals surface area contributed by atoms with E-state index >= 15 is 0 Å². The zero-order valence-electron chi connectivity index (χ0n) is 21.1. The fraction of sp³-hybridized carbons (Fsp3) is 0.880. The lowest BCUT2D eigenvalue weighted by Crippen LogP contribution is -2.69. The van der Waals surface area contributed by atoms with E-state index in [0.29, 0.717) is 29.7 Å². The maximum absolute atomic E-state index is 13.5. The van der Waals surface area contributed by atoms with Crippen molar-refractivity contribution in [3.05, 3.63) is 12.2 Å². The number of hydrogen-bond donors (Lipinski definition) is 0. The Bertz CT molecular complexity index is 607. The third kappa shape index (κ3) is 3.89. The van der Waals surface area contributed by atoms with Gasteiger partial charge in [0.25, 0.3) is 0 Å². The van der Waals surface area contributed by atoms with Gasteiger partial charge in [-0.05, 0) is 41.8 Å². The lowest BCUT2D eigenvalue weighted by atomic mass is 9.54. The molecule has 3 aliphatic rings. The molecule has 4 nitrogen and oxygen atoms in total. The number of Topliss-reactive ketones (excluding diaryl/α,β-unsaturated/α-hetero) is 1. The van der Waals surface area contributed by atoms with Crippen LogP contribution in [0.4, 0.5) is 0 Å². The fourth-order valence-corrected chi connectivity index (χ4v) is 12.6. The molecule has 1 unspecified atom stereocenters. The van der Waals surface area contributed by atoms with Crippen molar-refractivity contribution in [1.82, 2.24) is 0 Å². The highest BCUT2D eigenvalue weighted by molar-refractivity contribution is 6.77. The summed E-state index contributed by atoms with van der Waals surface area (Å²) >= 11 is 0. The Kier molecular flexibility index (Phi) is 8.21. The van der Waals surface area contributed by atoms with Gasteiger partial charge in [0.15, 0.2) is 20.4 Å². The first-order chi connectivity index (χ1) is 13.9. The first-order valence-corrected chi connectivity index (χ1v) is 14.1. The highest BCUT2D eigenvalue weighted by Crippen LogP contribution is 2.58. The molecule has 3 rings (SSSR count). The van der Waals surface area contributed by atoms with Crippen molar-refractivity contribution in [3.63, 3.8) is 0 Å². The molecule has 0 spiro atoms. The summed E-state index contributed by atoms with van der Waals surface area (Å²) in [6.45, 7) is 25.0. The van der Waals surface area contributed by atoms with E-state index in [1.165, 1.54) is 0 Å². The van der Waals surface area contributed by atoms with E-state index < -0.39 is 13.9 Å². The normalized spacial score (nSPS) is 34.2. The molecule has 2 heterocycles. The molecule has 0 amide bonds. The number of fused-ring (bicyclic) bond motifs is 3. The molecular formula is C25H46O4Si. The van der Waals surface area contributed by atoms with Crippen LogP contribution in [0.25, 0.3) is 0 Å². The van der Waals surface area contributed by atoms with Crippen molar-refractivity contribution >= 4 is 14.1 Å². The molecule has 2 saturated heterocycles. The Morgan fingerprint density at radius 1 is 1.17 bits per heavy atom. The van der Waals surface area contributed by atoms with Crippen LogP contribution in [0.2, 0.25) is 16.6 Å². The lowest BCUT2D eigenvalue weighted by molar-refractivity contribution is -0.323. The fourth-order valence-electron chi connectivity index (χ4n) is 7.14. The number of allylic oxidation sites excluding steroid dienone is 1. The Balaban J connectivity index is 2.53. The highest BCUT2D eigenvalue weighted by atomic mass is 28.4. The van der Waals surface area contributed by atoms with Crippen LogP contribution in [-0.4, -0.2) is 39.7 Å². The molecule has 3 fully saturated rings. The lowest BCUT2D eigenvalue weighted by Gasteiger charge is -2.61. The van der Waals surface area contributed by atoms with Crippen LogP contribution < -0.4 is 0 Å².